The third-order valence-corrected chi connectivity index (χ3v) is 6.27. The van der Waals surface area contributed by atoms with Crippen LogP contribution in [0.2, 0.25) is 0 Å². The highest BCUT2D eigenvalue weighted by Gasteiger charge is 2.28. The Balaban J connectivity index is 1.54. The molecule has 1 aliphatic heterocycles. The van der Waals surface area contributed by atoms with Gasteiger partial charge in [0, 0.05) is 18.3 Å². The Hall–Kier alpha value is -2.87. The molecule has 148 valence electrons. The van der Waals surface area contributed by atoms with Crippen LogP contribution in [0.4, 0.5) is 5.69 Å². The third-order valence-electron chi connectivity index (χ3n) is 4.50. The van der Waals surface area contributed by atoms with Gasteiger partial charge < -0.3 is 16.0 Å². The zero-order chi connectivity index (χ0) is 20.0. The molecule has 1 aliphatic rings. The Morgan fingerprint density at radius 2 is 1.71 bits per heavy atom. The van der Waals surface area contributed by atoms with Crippen molar-refractivity contribution in [2.75, 3.05) is 23.4 Å². The predicted molar refractivity (Wildman–Crippen MR) is 108 cm³/mol. The summed E-state index contributed by atoms with van der Waals surface area (Å²) in [7, 11) is -3.04. The van der Waals surface area contributed by atoms with Crippen molar-refractivity contribution in [3.8, 4) is 0 Å². The molecule has 3 N–H and O–H groups in total. The van der Waals surface area contributed by atoms with E-state index in [9.17, 15) is 18.0 Å². The maximum atomic E-state index is 12.5. The van der Waals surface area contributed by atoms with Crippen LogP contribution in [0.3, 0.4) is 0 Å². The van der Waals surface area contributed by atoms with Gasteiger partial charge in [-0.2, -0.15) is 0 Å². The number of hydrogen-bond acceptors (Lipinski definition) is 5. The fourth-order valence-corrected chi connectivity index (χ4v) is 4.75. The van der Waals surface area contributed by atoms with Crippen LogP contribution >= 0.6 is 0 Å². The number of hydrogen-bond donors (Lipinski definition) is 3. The minimum Gasteiger partial charge on any atom is -0.376 e. The number of nitrogens with one attached hydrogen (secondary N) is 3. The van der Waals surface area contributed by atoms with Crippen molar-refractivity contribution in [2.45, 2.75) is 19.0 Å². The number of carbonyl (C=O) groups excluding carboxylic acids is 2. The SMILES string of the molecule is O=C(CNc1ccccc1C(=O)NCc1ccccc1)NC1CCS(=O)(=O)C1. The Labute approximate surface area is 164 Å². The topological polar surface area (TPSA) is 104 Å². The van der Waals surface area contributed by atoms with Crippen molar-refractivity contribution in [1.82, 2.24) is 10.6 Å². The van der Waals surface area contributed by atoms with E-state index in [2.05, 4.69) is 16.0 Å². The third kappa shape index (κ3) is 5.56. The van der Waals surface area contributed by atoms with Crippen LogP contribution < -0.4 is 16.0 Å². The van der Waals surface area contributed by atoms with Gasteiger partial charge in [0.15, 0.2) is 9.84 Å². The smallest absolute Gasteiger partial charge is 0.253 e. The molecule has 1 atom stereocenters. The van der Waals surface area contributed by atoms with Crippen molar-refractivity contribution in [2.24, 2.45) is 0 Å². The van der Waals surface area contributed by atoms with Gasteiger partial charge in [0.2, 0.25) is 5.91 Å². The van der Waals surface area contributed by atoms with E-state index in [4.69, 9.17) is 0 Å². The largest absolute Gasteiger partial charge is 0.376 e. The number of sulfone groups is 1. The molecule has 0 radical (unpaired) electrons. The highest BCUT2D eigenvalue weighted by Crippen LogP contribution is 2.15. The molecule has 7 nitrogen and oxygen atoms in total. The lowest BCUT2D eigenvalue weighted by atomic mass is 10.1. The molecule has 0 saturated carbocycles. The number of carbonyl (C=O) groups is 2. The zero-order valence-corrected chi connectivity index (χ0v) is 16.2. The molecule has 1 heterocycles. The van der Waals surface area contributed by atoms with E-state index >= 15 is 0 Å². The lowest BCUT2D eigenvalue weighted by Gasteiger charge is -2.14. The van der Waals surface area contributed by atoms with Gasteiger partial charge in [0.25, 0.3) is 5.91 Å². The van der Waals surface area contributed by atoms with Crippen molar-refractivity contribution >= 4 is 27.3 Å². The lowest BCUT2D eigenvalue weighted by molar-refractivity contribution is -0.119. The molecule has 3 rings (SSSR count). The molecule has 1 fully saturated rings. The Morgan fingerprint density at radius 3 is 2.43 bits per heavy atom. The van der Waals surface area contributed by atoms with Crippen molar-refractivity contribution in [3.05, 3.63) is 65.7 Å². The second-order valence-corrected chi connectivity index (χ2v) is 8.96. The van der Waals surface area contributed by atoms with Gasteiger partial charge in [-0.05, 0) is 24.1 Å². The zero-order valence-electron chi connectivity index (χ0n) is 15.4. The van der Waals surface area contributed by atoms with Gasteiger partial charge in [0.1, 0.15) is 0 Å². The molecular formula is C20H23N3O4S. The van der Waals surface area contributed by atoms with E-state index in [1.165, 1.54) is 0 Å². The highest BCUT2D eigenvalue weighted by molar-refractivity contribution is 7.91. The molecule has 2 aromatic rings. The van der Waals surface area contributed by atoms with Crippen LogP contribution in [0.25, 0.3) is 0 Å². The van der Waals surface area contributed by atoms with Gasteiger partial charge in [-0.15, -0.1) is 0 Å². The standard InChI is InChI=1S/C20H23N3O4S/c24-19(23-16-10-11-28(26,27)14-16)13-21-18-9-5-4-8-17(18)20(25)22-12-15-6-2-1-3-7-15/h1-9,16,21H,10-14H2,(H,22,25)(H,23,24). The molecule has 1 saturated heterocycles. The van der Waals surface area contributed by atoms with Gasteiger partial charge >= 0.3 is 0 Å². The van der Waals surface area contributed by atoms with Crippen LogP contribution in [-0.4, -0.2) is 44.3 Å². The maximum absolute atomic E-state index is 12.5. The summed E-state index contributed by atoms with van der Waals surface area (Å²) in [5.41, 5.74) is 1.98. The Morgan fingerprint density at radius 1 is 1.00 bits per heavy atom. The molecule has 0 aliphatic carbocycles. The molecule has 2 amide bonds. The maximum Gasteiger partial charge on any atom is 0.253 e. The second-order valence-electron chi connectivity index (χ2n) is 6.73. The lowest BCUT2D eigenvalue weighted by Crippen LogP contribution is -2.39. The summed E-state index contributed by atoms with van der Waals surface area (Å²) in [6, 6.07) is 16.2. The quantitative estimate of drug-likeness (QED) is 0.649. The first kappa shape index (κ1) is 19.9. The monoisotopic (exact) mass is 401 g/mol. The molecule has 28 heavy (non-hydrogen) atoms. The molecule has 1 unspecified atom stereocenters. The predicted octanol–water partition coefficient (Wildman–Crippen LogP) is 1.33. The molecule has 0 spiro atoms. The van der Waals surface area contributed by atoms with Crippen LogP contribution in [0.15, 0.2) is 54.6 Å². The van der Waals surface area contributed by atoms with Crippen molar-refractivity contribution in [3.63, 3.8) is 0 Å². The first-order valence-corrected chi connectivity index (χ1v) is 10.9. The average molecular weight is 401 g/mol. The second kappa shape index (κ2) is 8.88. The molecule has 8 heteroatoms. The van der Waals surface area contributed by atoms with Gasteiger partial charge in [0.05, 0.1) is 23.6 Å². The fraction of sp³-hybridized carbons (Fsp3) is 0.300. The fourth-order valence-electron chi connectivity index (χ4n) is 3.07. The van der Waals surface area contributed by atoms with Crippen LogP contribution in [0, 0.1) is 0 Å². The van der Waals surface area contributed by atoms with E-state index < -0.39 is 9.84 Å². The van der Waals surface area contributed by atoms with Gasteiger partial charge in [-0.25, -0.2) is 8.42 Å². The van der Waals surface area contributed by atoms with Gasteiger partial charge in [-0.1, -0.05) is 42.5 Å². The van der Waals surface area contributed by atoms with E-state index in [0.29, 0.717) is 24.2 Å². The minimum atomic E-state index is -3.04. The normalized spacial score (nSPS) is 17.6. The minimum absolute atomic E-state index is 0.0166. The summed E-state index contributed by atoms with van der Waals surface area (Å²) in [4.78, 5) is 24.6. The van der Waals surface area contributed by atoms with Crippen LogP contribution in [-0.2, 0) is 21.2 Å². The van der Waals surface area contributed by atoms with E-state index in [1.54, 1.807) is 24.3 Å². The summed E-state index contributed by atoms with van der Waals surface area (Å²) in [5, 5.41) is 8.55. The first-order chi connectivity index (χ1) is 13.4. The summed E-state index contributed by atoms with van der Waals surface area (Å²) >= 11 is 0. The summed E-state index contributed by atoms with van der Waals surface area (Å²) in [6.07, 6.45) is 0.437. The Kier molecular flexibility index (Phi) is 6.30. The summed E-state index contributed by atoms with van der Waals surface area (Å²) in [6.45, 7) is 0.365. The van der Waals surface area contributed by atoms with Crippen molar-refractivity contribution in [1.29, 1.82) is 0 Å². The number of rotatable bonds is 7. The van der Waals surface area contributed by atoms with Gasteiger partial charge in [-0.3, -0.25) is 9.59 Å². The van der Waals surface area contributed by atoms with E-state index in [-0.39, 0.29) is 35.9 Å². The van der Waals surface area contributed by atoms with E-state index in [1.807, 2.05) is 30.3 Å². The molecule has 0 bridgehead atoms. The Bertz CT molecular complexity index is 945. The van der Waals surface area contributed by atoms with Crippen molar-refractivity contribution < 1.29 is 18.0 Å². The van der Waals surface area contributed by atoms with Crippen LogP contribution in [0.1, 0.15) is 22.3 Å². The highest BCUT2D eigenvalue weighted by atomic mass is 32.2. The number of para-hydroxylation sites is 1. The number of anilines is 1. The number of amides is 2. The first-order valence-electron chi connectivity index (χ1n) is 9.08. The molecule has 0 aromatic heterocycles. The summed E-state index contributed by atoms with van der Waals surface area (Å²) in [5.74, 6) is -0.455. The van der Waals surface area contributed by atoms with Crippen LogP contribution in [0.5, 0.6) is 0 Å². The molecular weight excluding hydrogens is 378 g/mol. The molecule has 2 aromatic carbocycles. The summed E-state index contributed by atoms with van der Waals surface area (Å²) < 4.78 is 22.9. The number of benzene rings is 2. The van der Waals surface area contributed by atoms with E-state index in [0.717, 1.165) is 5.56 Å². The average Bonchev–Trinajstić information content (AvgIpc) is 3.03.